The highest BCUT2D eigenvalue weighted by atomic mass is 16.2. The average molecular weight is 262 g/mol. The van der Waals surface area contributed by atoms with E-state index in [4.69, 9.17) is 0 Å². The molecule has 2 aromatic heterocycles. The van der Waals surface area contributed by atoms with Crippen molar-refractivity contribution in [1.82, 2.24) is 30.5 Å². The van der Waals surface area contributed by atoms with Crippen LogP contribution in [0.15, 0.2) is 0 Å². The van der Waals surface area contributed by atoms with Gasteiger partial charge in [-0.05, 0) is 27.7 Å². The van der Waals surface area contributed by atoms with E-state index in [-0.39, 0.29) is 11.9 Å². The number of hydrogen-bond donors (Lipinski definition) is 2. The van der Waals surface area contributed by atoms with Gasteiger partial charge in [0.2, 0.25) is 0 Å². The van der Waals surface area contributed by atoms with E-state index in [1.165, 1.54) is 0 Å². The predicted octanol–water partition coefficient (Wildman–Crippen LogP) is 0.954. The highest BCUT2D eigenvalue weighted by molar-refractivity contribution is 5.93. The number of carbonyl (C=O) groups excluding carboxylic acids is 1. The lowest BCUT2D eigenvalue weighted by Crippen LogP contribution is -2.28. The van der Waals surface area contributed by atoms with Gasteiger partial charge in [-0.3, -0.25) is 9.48 Å². The number of carbonyl (C=O) groups is 1. The van der Waals surface area contributed by atoms with Gasteiger partial charge >= 0.3 is 0 Å². The molecule has 0 saturated heterocycles. The summed E-state index contributed by atoms with van der Waals surface area (Å²) in [5.74, 6) is -0.235. The Kier molecular flexibility index (Phi) is 3.37. The molecule has 1 amide bonds. The molecule has 102 valence electrons. The second-order valence-corrected chi connectivity index (χ2v) is 4.66. The highest BCUT2D eigenvalue weighted by Crippen LogP contribution is 2.20. The number of aromatic amines is 1. The summed E-state index contributed by atoms with van der Waals surface area (Å²) in [6.45, 7) is 7.60. The molecule has 0 radical (unpaired) electrons. The van der Waals surface area contributed by atoms with Crippen LogP contribution < -0.4 is 5.32 Å². The van der Waals surface area contributed by atoms with Crippen molar-refractivity contribution in [2.45, 2.75) is 33.7 Å². The summed E-state index contributed by atoms with van der Waals surface area (Å²) >= 11 is 0. The fourth-order valence-electron chi connectivity index (χ4n) is 2.25. The minimum atomic E-state index is -0.235. The number of aryl methyl sites for hydroxylation is 3. The van der Waals surface area contributed by atoms with Crippen molar-refractivity contribution in [3.05, 3.63) is 28.3 Å². The Labute approximate surface area is 111 Å². The molecule has 0 spiro atoms. The molecule has 0 aliphatic rings. The summed E-state index contributed by atoms with van der Waals surface area (Å²) in [4.78, 5) is 12.1. The monoisotopic (exact) mass is 262 g/mol. The molecule has 2 heterocycles. The zero-order chi connectivity index (χ0) is 14.2. The number of aromatic nitrogens is 5. The summed E-state index contributed by atoms with van der Waals surface area (Å²) < 4.78 is 1.81. The first-order valence-electron chi connectivity index (χ1n) is 6.10. The number of nitrogens with zero attached hydrogens (tertiary/aromatic N) is 4. The van der Waals surface area contributed by atoms with Crippen LogP contribution in [0.4, 0.5) is 0 Å². The van der Waals surface area contributed by atoms with E-state index < -0.39 is 0 Å². The standard InChI is InChI=1S/C12H18N6O/c1-6(10-7(2)16-18(5)9(10)4)13-12(19)11-8(3)14-17-15-11/h6H,1-5H3,(H,13,19)(H,14,15,17)/t6-/m0/s1. The van der Waals surface area contributed by atoms with Crippen LogP contribution in [0.25, 0.3) is 0 Å². The molecule has 2 N–H and O–H groups in total. The Hall–Kier alpha value is -2.18. The fourth-order valence-corrected chi connectivity index (χ4v) is 2.25. The molecule has 7 nitrogen and oxygen atoms in total. The van der Waals surface area contributed by atoms with Gasteiger partial charge in [-0.2, -0.15) is 20.5 Å². The zero-order valence-corrected chi connectivity index (χ0v) is 11.8. The Morgan fingerprint density at radius 2 is 1.95 bits per heavy atom. The lowest BCUT2D eigenvalue weighted by molar-refractivity contribution is 0.0934. The van der Waals surface area contributed by atoms with E-state index in [0.29, 0.717) is 11.4 Å². The summed E-state index contributed by atoms with van der Waals surface area (Å²) in [7, 11) is 1.89. The largest absolute Gasteiger partial charge is 0.344 e. The second-order valence-electron chi connectivity index (χ2n) is 4.66. The maximum absolute atomic E-state index is 12.1. The minimum absolute atomic E-state index is 0.128. The van der Waals surface area contributed by atoms with Gasteiger partial charge in [0.25, 0.3) is 5.91 Å². The quantitative estimate of drug-likeness (QED) is 0.862. The van der Waals surface area contributed by atoms with Crippen LogP contribution in [0.2, 0.25) is 0 Å². The third-order valence-corrected chi connectivity index (χ3v) is 3.28. The summed E-state index contributed by atoms with van der Waals surface area (Å²) in [5, 5.41) is 17.4. The molecule has 0 fully saturated rings. The average Bonchev–Trinajstić information content (AvgIpc) is 2.84. The molecule has 1 atom stereocenters. The van der Waals surface area contributed by atoms with Crippen molar-refractivity contribution >= 4 is 5.91 Å². The van der Waals surface area contributed by atoms with Gasteiger partial charge in [-0.1, -0.05) is 0 Å². The molecule has 0 saturated carbocycles. The van der Waals surface area contributed by atoms with E-state index in [9.17, 15) is 4.79 Å². The van der Waals surface area contributed by atoms with Crippen LogP contribution in [-0.4, -0.2) is 31.1 Å². The van der Waals surface area contributed by atoms with Crippen LogP contribution >= 0.6 is 0 Å². The fraction of sp³-hybridized carbons (Fsp3) is 0.500. The van der Waals surface area contributed by atoms with Gasteiger partial charge in [0, 0.05) is 18.3 Å². The van der Waals surface area contributed by atoms with Crippen molar-refractivity contribution < 1.29 is 4.79 Å². The van der Waals surface area contributed by atoms with E-state index in [0.717, 1.165) is 17.0 Å². The van der Waals surface area contributed by atoms with Crippen molar-refractivity contribution in [3.8, 4) is 0 Å². The molecule has 2 rings (SSSR count). The topological polar surface area (TPSA) is 88.5 Å². The maximum atomic E-state index is 12.1. The van der Waals surface area contributed by atoms with Gasteiger partial charge in [0.15, 0.2) is 5.69 Å². The predicted molar refractivity (Wildman–Crippen MR) is 69.7 cm³/mol. The van der Waals surface area contributed by atoms with Crippen molar-refractivity contribution in [1.29, 1.82) is 0 Å². The van der Waals surface area contributed by atoms with Crippen LogP contribution in [0, 0.1) is 20.8 Å². The van der Waals surface area contributed by atoms with Gasteiger partial charge in [0.1, 0.15) is 0 Å². The van der Waals surface area contributed by atoms with Crippen molar-refractivity contribution in [2.75, 3.05) is 0 Å². The molecule has 0 unspecified atom stereocenters. The van der Waals surface area contributed by atoms with E-state index >= 15 is 0 Å². The first kappa shape index (κ1) is 13.3. The number of nitrogens with one attached hydrogen (secondary N) is 2. The number of hydrogen-bond acceptors (Lipinski definition) is 4. The SMILES string of the molecule is Cc1n[nH]nc1C(=O)N[C@@H](C)c1c(C)nn(C)c1C. The first-order chi connectivity index (χ1) is 8.91. The Morgan fingerprint density at radius 1 is 1.26 bits per heavy atom. The summed E-state index contributed by atoms with van der Waals surface area (Å²) in [6, 6.07) is -0.128. The molecule has 2 aromatic rings. The smallest absolute Gasteiger partial charge is 0.274 e. The van der Waals surface area contributed by atoms with Crippen LogP contribution in [0.5, 0.6) is 0 Å². The Morgan fingerprint density at radius 3 is 2.42 bits per heavy atom. The molecule has 19 heavy (non-hydrogen) atoms. The third-order valence-electron chi connectivity index (χ3n) is 3.28. The number of rotatable bonds is 3. The molecular formula is C12H18N6O. The molecule has 0 aliphatic heterocycles. The lowest BCUT2D eigenvalue weighted by Gasteiger charge is -2.14. The Bertz CT molecular complexity index is 612. The van der Waals surface area contributed by atoms with E-state index in [1.54, 1.807) is 6.92 Å². The maximum Gasteiger partial charge on any atom is 0.274 e. The lowest BCUT2D eigenvalue weighted by atomic mass is 10.1. The molecule has 0 bridgehead atoms. The van der Waals surface area contributed by atoms with Crippen LogP contribution in [-0.2, 0) is 7.05 Å². The van der Waals surface area contributed by atoms with Crippen LogP contribution in [0.1, 0.15) is 46.1 Å². The third kappa shape index (κ3) is 2.35. The first-order valence-corrected chi connectivity index (χ1v) is 6.10. The molecule has 7 heteroatoms. The zero-order valence-electron chi connectivity index (χ0n) is 11.8. The minimum Gasteiger partial charge on any atom is -0.344 e. The normalized spacial score (nSPS) is 12.5. The highest BCUT2D eigenvalue weighted by Gasteiger charge is 2.20. The second kappa shape index (κ2) is 4.83. The Balaban J connectivity index is 2.20. The van der Waals surface area contributed by atoms with Crippen molar-refractivity contribution in [3.63, 3.8) is 0 Å². The molecular weight excluding hydrogens is 244 g/mol. The molecule has 0 aromatic carbocycles. The number of H-pyrrole nitrogens is 1. The van der Waals surface area contributed by atoms with Gasteiger partial charge in [-0.25, -0.2) is 0 Å². The number of amides is 1. The van der Waals surface area contributed by atoms with E-state index in [2.05, 4.69) is 25.8 Å². The van der Waals surface area contributed by atoms with E-state index in [1.807, 2.05) is 32.5 Å². The summed E-state index contributed by atoms with van der Waals surface area (Å²) in [6.07, 6.45) is 0. The van der Waals surface area contributed by atoms with Gasteiger partial charge < -0.3 is 5.32 Å². The van der Waals surface area contributed by atoms with Crippen LogP contribution in [0.3, 0.4) is 0 Å². The van der Waals surface area contributed by atoms with Gasteiger partial charge in [0.05, 0.1) is 17.4 Å². The van der Waals surface area contributed by atoms with Crippen molar-refractivity contribution in [2.24, 2.45) is 7.05 Å². The molecule has 0 aliphatic carbocycles. The van der Waals surface area contributed by atoms with Gasteiger partial charge in [-0.15, -0.1) is 0 Å². The summed E-state index contributed by atoms with van der Waals surface area (Å²) in [5.41, 5.74) is 3.92.